The molecule has 5 heteroatoms. The van der Waals surface area contributed by atoms with Gasteiger partial charge in [-0.05, 0) is 27.7 Å². The first-order valence-corrected chi connectivity index (χ1v) is 6.54. The van der Waals surface area contributed by atoms with Gasteiger partial charge in [-0.15, -0.1) is 11.3 Å². The summed E-state index contributed by atoms with van der Waals surface area (Å²) >= 11 is 1.70. The van der Waals surface area contributed by atoms with Gasteiger partial charge in [0, 0.05) is 23.2 Å². The van der Waals surface area contributed by atoms with E-state index in [9.17, 15) is 5.11 Å². The molecule has 0 saturated carbocycles. The van der Waals surface area contributed by atoms with Gasteiger partial charge in [0.15, 0.2) is 4.96 Å². The summed E-state index contributed by atoms with van der Waals surface area (Å²) in [4.78, 5) is 6.84. The molecule has 2 rings (SSSR count). The third kappa shape index (κ3) is 2.51. The van der Waals surface area contributed by atoms with E-state index in [0.717, 1.165) is 17.2 Å². The van der Waals surface area contributed by atoms with Crippen molar-refractivity contribution in [2.45, 2.75) is 39.8 Å². The van der Waals surface area contributed by atoms with Gasteiger partial charge >= 0.3 is 0 Å². The lowest BCUT2D eigenvalue weighted by molar-refractivity contribution is 0.187. The predicted octanol–water partition coefficient (Wildman–Crippen LogP) is 1.87. The number of hydrogen-bond donors (Lipinski definition) is 2. The lowest BCUT2D eigenvalue weighted by atomic mass is 10.1. The van der Waals surface area contributed by atoms with Gasteiger partial charge in [0.05, 0.1) is 18.0 Å². The number of aliphatic hydroxyl groups is 1. The molecule has 0 spiro atoms. The van der Waals surface area contributed by atoms with Crippen LogP contribution in [-0.2, 0) is 6.54 Å². The van der Waals surface area contributed by atoms with Crippen LogP contribution >= 0.6 is 11.3 Å². The molecule has 0 unspecified atom stereocenters. The number of fused-ring (bicyclic) bond motifs is 1. The number of aryl methyl sites for hydroxylation is 2. The second-order valence-electron chi connectivity index (χ2n) is 5.03. The molecule has 0 fully saturated rings. The Balaban J connectivity index is 2.25. The van der Waals surface area contributed by atoms with Gasteiger partial charge in [-0.2, -0.15) is 0 Å². The van der Waals surface area contributed by atoms with Crippen molar-refractivity contribution in [2.24, 2.45) is 0 Å². The molecule has 2 aromatic heterocycles. The molecule has 94 valence electrons. The monoisotopic (exact) mass is 253 g/mol. The summed E-state index contributed by atoms with van der Waals surface area (Å²) in [5.74, 6) is 0. The fraction of sp³-hybridized carbons (Fsp3) is 0.583. The molecule has 2 aromatic rings. The van der Waals surface area contributed by atoms with Crippen LogP contribution in [0.15, 0.2) is 6.20 Å². The summed E-state index contributed by atoms with van der Waals surface area (Å²) in [6.07, 6.45) is 2.11. The highest BCUT2D eigenvalue weighted by molar-refractivity contribution is 7.17. The lowest BCUT2D eigenvalue weighted by Gasteiger charge is -2.23. The molecule has 17 heavy (non-hydrogen) atoms. The summed E-state index contributed by atoms with van der Waals surface area (Å²) in [6, 6.07) is 0. The van der Waals surface area contributed by atoms with Crippen LogP contribution in [0.25, 0.3) is 4.96 Å². The largest absolute Gasteiger partial charge is 0.394 e. The minimum atomic E-state index is -0.262. The Hall–Kier alpha value is -0.910. The van der Waals surface area contributed by atoms with Crippen molar-refractivity contribution in [3.8, 4) is 0 Å². The maximum Gasteiger partial charge on any atom is 0.194 e. The summed E-state index contributed by atoms with van der Waals surface area (Å²) in [5, 5.41) is 12.6. The van der Waals surface area contributed by atoms with Gasteiger partial charge in [-0.3, -0.25) is 4.40 Å². The quantitative estimate of drug-likeness (QED) is 0.874. The molecule has 4 nitrogen and oxygen atoms in total. The molecule has 0 amide bonds. The maximum absolute atomic E-state index is 9.23. The van der Waals surface area contributed by atoms with Crippen molar-refractivity contribution in [3.63, 3.8) is 0 Å². The second-order valence-corrected chi connectivity index (χ2v) is 6.25. The maximum atomic E-state index is 9.23. The van der Waals surface area contributed by atoms with Crippen molar-refractivity contribution >= 4 is 16.3 Å². The van der Waals surface area contributed by atoms with Gasteiger partial charge in [0.25, 0.3) is 0 Å². The van der Waals surface area contributed by atoms with Gasteiger partial charge < -0.3 is 10.4 Å². The van der Waals surface area contributed by atoms with Crippen LogP contribution < -0.4 is 5.32 Å². The van der Waals surface area contributed by atoms with Gasteiger partial charge in [0.2, 0.25) is 0 Å². The topological polar surface area (TPSA) is 49.6 Å². The number of hydrogen-bond acceptors (Lipinski definition) is 4. The first-order valence-electron chi connectivity index (χ1n) is 5.73. The number of nitrogens with one attached hydrogen (secondary N) is 1. The molecule has 0 atom stereocenters. The van der Waals surface area contributed by atoms with E-state index < -0.39 is 0 Å². The Labute approximate surface area is 105 Å². The molecular weight excluding hydrogens is 234 g/mol. The molecular formula is C12H19N3OS. The minimum Gasteiger partial charge on any atom is -0.394 e. The Kier molecular flexibility index (Phi) is 3.25. The second kappa shape index (κ2) is 4.40. The molecule has 0 aliphatic heterocycles. The molecule has 0 aliphatic carbocycles. The normalized spacial score (nSPS) is 12.5. The Morgan fingerprint density at radius 2 is 2.18 bits per heavy atom. The van der Waals surface area contributed by atoms with Crippen LogP contribution in [0.1, 0.15) is 30.1 Å². The number of rotatable bonds is 4. The van der Waals surface area contributed by atoms with E-state index in [1.807, 2.05) is 20.8 Å². The van der Waals surface area contributed by atoms with Crippen LogP contribution in [0.4, 0.5) is 0 Å². The van der Waals surface area contributed by atoms with Crippen molar-refractivity contribution < 1.29 is 5.11 Å². The first-order chi connectivity index (χ1) is 7.93. The zero-order valence-electron chi connectivity index (χ0n) is 10.7. The number of nitrogens with zero attached hydrogens (tertiary/aromatic N) is 2. The third-order valence-corrected chi connectivity index (χ3v) is 3.77. The Morgan fingerprint density at radius 1 is 1.47 bits per heavy atom. The van der Waals surface area contributed by atoms with E-state index in [4.69, 9.17) is 0 Å². The zero-order valence-corrected chi connectivity index (χ0v) is 11.6. The lowest BCUT2D eigenvalue weighted by Crippen LogP contribution is -2.42. The summed E-state index contributed by atoms with van der Waals surface area (Å²) < 4.78 is 2.13. The molecule has 0 saturated heterocycles. The van der Waals surface area contributed by atoms with Crippen LogP contribution in [0.3, 0.4) is 0 Å². The summed E-state index contributed by atoms with van der Waals surface area (Å²) in [5.41, 5.74) is 1.96. The average molecular weight is 253 g/mol. The molecule has 0 bridgehead atoms. The predicted molar refractivity (Wildman–Crippen MR) is 70.5 cm³/mol. The highest BCUT2D eigenvalue weighted by atomic mass is 32.1. The van der Waals surface area contributed by atoms with Crippen molar-refractivity contribution in [1.29, 1.82) is 0 Å². The molecule has 0 aliphatic rings. The number of thiazole rings is 1. The van der Waals surface area contributed by atoms with Crippen LogP contribution in [0, 0.1) is 13.8 Å². The van der Waals surface area contributed by atoms with E-state index in [1.165, 1.54) is 10.6 Å². The van der Waals surface area contributed by atoms with Crippen LogP contribution in [0.2, 0.25) is 0 Å². The smallest absolute Gasteiger partial charge is 0.194 e. The van der Waals surface area contributed by atoms with Gasteiger partial charge in [0.1, 0.15) is 0 Å². The van der Waals surface area contributed by atoms with E-state index in [0.29, 0.717) is 0 Å². The average Bonchev–Trinajstić information content (AvgIpc) is 2.71. The first kappa shape index (κ1) is 12.5. The number of imidazole rings is 1. The van der Waals surface area contributed by atoms with Crippen molar-refractivity contribution in [3.05, 3.63) is 22.5 Å². The van der Waals surface area contributed by atoms with E-state index in [1.54, 1.807) is 11.3 Å². The SMILES string of the molecule is Cc1cn2c(CNC(C)(C)CO)c(C)nc2s1. The van der Waals surface area contributed by atoms with Gasteiger partial charge in [-0.1, -0.05) is 0 Å². The van der Waals surface area contributed by atoms with Gasteiger partial charge in [-0.25, -0.2) is 4.98 Å². The standard InChI is InChI=1S/C12H19N3OS/c1-8-6-15-10(5-13-12(3,4)7-16)9(2)14-11(15)17-8/h6,13,16H,5,7H2,1-4H3. The van der Waals surface area contributed by atoms with E-state index in [2.05, 4.69) is 27.8 Å². The Morgan fingerprint density at radius 3 is 2.82 bits per heavy atom. The molecule has 2 heterocycles. The number of aromatic nitrogens is 2. The summed E-state index contributed by atoms with van der Waals surface area (Å²) in [7, 11) is 0. The highest BCUT2D eigenvalue weighted by Gasteiger charge is 2.18. The molecule has 0 radical (unpaired) electrons. The van der Waals surface area contributed by atoms with E-state index in [-0.39, 0.29) is 12.1 Å². The minimum absolute atomic E-state index is 0.122. The highest BCUT2D eigenvalue weighted by Crippen LogP contribution is 2.20. The Bertz CT molecular complexity index is 527. The fourth-order valence-electron chi connectivity index (χ4n) is 1.70. The van der Waals surface area contributed by atoms with E-state index >= 15 is 0 Å². The van der Waals surface area contributed by atoms with Crippen molar-refractivity contribution in [2.75, 3.05) is 6.61 Å². The van der Waals surface area contributed by atoms with Crippen molar-refractivity contribution in [1.82, 2.24) is 14.7 Å². The van der Waals surface area contributed by atoms with Crippen LogP contribution in [-0.4, -0.2) is 26.6 Å². The third-order valence-electron chi connectivity index (χ3n) is 2.87. The number of aliphatic hydroxyl groups excluding tert-OH is 1. The molecule has 2 N–H and O–H groups in total. The summed E-state index contributed by atoms with van der Waals surface area (Å²) in [6.45, 7) is 8.92. The fourth-order valence-corrected chi connectivity index (χ4v) is 2.59. The van der Waals surface area contributed by atoms with Crippen LogP contribution in [0.5, 0.6) is 0 Å². The zero-order chi connectivity index (χ0) is 12.6. The molecule has 0 aromatic carbocycles.